The molecule has 1 saturated heterocycles. The fraction of sp³-hybridized carbons (Fsp3) is 0.444. The van der Waals surface area contributed by atoms with Crippen LogP contribution in [0, 0.1) is 0 Å². The van der Waals surface area contributed by atoms with E-state index in [2.05, 4.69) is 10.3 Å². The summed E-state index contributed by atoms with van der Waals surface area (Å²) in [5, 5.41) is 3.08. The van der Waals surface area contributed by atoms with Crippen LogP contribution >= 0.6 is 0 Å². The highest BCUT2D eigenvalue weighted by atomic mass is 32.2. The van der Waals surface area contributed by atoms with Gasteiger partial charge in [-0.15, -0.1) is 0 Å². The minimum atomic E-state index is -2.84. The van der Waals surface area contributed by atoms with E-state index in [1.807, 2.05) is 0 Å². The Morgan fingerprint density at radius 3 is 2.80 bits per heavy atom. The van der Waals surface area contributed by atoms with Crippen LogP contribution in [0.4, 0.5) is 11.5 Å². The van der Waals surface area contributed by atoms with E-state index in [9.17, 15) is 8.42 Å². The van der Waals surface area contributed by atoms with Gasteiger partial charge in [0.2, 0.25) is 0 Å². The van der Waals surface area contributed by atoms with Crippen LogP contribution < -0.4 is 11.1 Å². The second kappa shape index (κ2) is 3.69. The topological polar surface area (TPSA) is 85.1 Å². The van der Waals surface area contributed by atoms with Crippen molar-refractivity contribution in [3.63, 3.8) is 0 Å². The fourth-order valence-corrected chi connectivity index (χ4v) is 3.28. The molecule has 0 aromatic carbocycles. The Hall–Kier alpha value is -1.30. The van der Waals surface area contributed by atoms with Crippen LogP contribution in [0.15, 0.2) is 18.3 Å². The number of nitrogen functional groups attached to an aromatic ring is 1. The van der Waals surface area contributed by atoms with E-state index in [0.717, 1.165) is 0 Å². The minimum absolute atomic E-state index is 0.0221. The number of hydrogen-bond donors (Lipinski definition) is 2. The molecule has 0 spiro atoms. The number of rotatable bonds is 2. The minimum Gasteiger partial charge on any atom is -0.397 e. The molecule has 1 aliphatic rings. The summed E-state index contributed by atoms with van der Waals surface area (Å²) in [6.07, 6.45) is 2.19. The molecule has 0 amide bonds. The summed E-state index contributed by atoms with van der Waals surface area (Å²) in [6, 6.07) is 3.46. The molecule has 6 heteroatoms. The first kappa shape index (κ1) is 10.2. The molecule has 1 unspecified atom stereocenters. The van der Waals surface area contributed by atoms with E-state index >= 15 is 0 Å². The average molecular weight is 227 g/mol. The van der Waals surface area contributed by atoms with Gasteiger partial charge in [0.25, 0.3) is 0 Å². The standard InChI is InChI=1S/C9H13N3O2S/c10-7-1-2-9(11-5-7)12-8-3-4-15(13,14)6-8/h1-2,5,8H,3-4,6,10H2,(H,11,12). The summed E-state index contributed by atoms with van der Waals surface area (Å²) >= 11 is 0. The average Bonchev–Trinajstić information content (AvgIpc) is 2.50. The van der Waals surface area contributed by atoms with Crippen LogP contribution in [-0.2, 0) is 9.84 Å². The zero-order valence-electron chi connectivity index (χ0n) is 8.18. The van der Waals surface area contributed by atoms with Gasteiger partial charge in [-0.3, -0.25) is 0 Å². The largest absolute Gasteiger partial charge is 0.397 e. The van der Waals surface area contributed by atoms with Gasteiger partial charge < -0.3 is 11.1 Å². The van der Waals surface area contributed by atoms with Gasteiger partial charge in [-0.1, -0.05) is 0 Å². The Kier molecular flexibility index (Phi) is 2.52. The van der Waals surface area contributed by atoms with Crippen LogP contribution in [0.25, 0.3) is 0 Å². The summed E-state index contributed by atoms with van der Waals surface area (Å²) in [5.74, 6) is 1.13. The molecule has 1 fully saturated rings. The Bertz CT molecular complexity index is 441. The van der Waals surface area contributed by atoms with Crippen LogP contribution in [-0.4, -0.2) is 30.9 Å². The van der Waals surface area contributed by atoms with E-state index in [0.29, 0.717) is 17.9 Å². The van der Waals surface area contributed by atoms with Gasteiger partial charge in [-0.05, 0) is 18.6 Å². The van der Waals surface area contributed by atoms with Crippen LogP contribution in [0.3, 0.4) is 0 Å². The van der Waals surface area contributed by atoms with Crippen molar-refractivity contribution in [2.24, 2.45) is 0 Å². The summed E-state index contributed by atoms with van der Waals surface area (Å²) in [6.45, 7) is 0. The molecule has 1 aromatic heterocycles. The SMILES string of the molecule is Nc1ccc(NC2CCS(=O)(=O)C2)nc1. The number of aromatic nitrogens is 1. The molecular weight excluding hydrogens is 214 g/mol. The van der Waals surface area contributed by atoms with Gasteiger partial charge in [0, 0.05) is 6.04 Å². The first-order valence-corrected chi connectivity index (χ1v) is 6.56. The molecule has 2 heterocycles. The van der Waals surface area contributed by atoms with Gasteiger partial charge in [0.15, 0.2) is 9.84 Å². The molecule has 1 aromatic rings. The highest BCUT2D eigenvalue weighted by molar-refractivity contribution is 7.91. The molecule has 1 aliphatic heterocycles. The number of nitrogens with one attached hydrogen (secondary N) is 1. The Labute approximate surface area is 88.6 Å². The van der Waals surface area contributed by atoms with Gasteiger partial charge in [-0.25, -0.2) is 13.4 Å². The van der Waals surface area contributed by atoms with E-state index in [4.69, 9.17) is 5.73 Å². The lowest BCUT2D eigenvalue weighted by atomic mass is 10.2. The van der Waals surface area contributed by atoms with Crippen molar-refractivity contribution in [3.05, 3.63) is 18.3 Å². The van der Waals surface area contributed by atoms with Crippen molar-refractivity contribution >= 4 is 21.3 Å². The molecule has 0 aliphatic carbocycles. The number of pyridine rings is 1. The number of anilines is 2. The normalized spacial score (nSPS) is 23.9. The van der Waals surface area contributed by atoms with E-state index < -0.39 is 9.84 Å². The fourth-order valence-electron chi connectivity index (χ4n) is 1.61. The third-order valence-corrected chi connectivity index (χ3v) is 4.14. The maximum atomic E-state index is 11.2. The van der Waals surface area contributed by atoms with Gasteiger partial charge in [0.1, 0.15) is 5.82 Å². The first-order valence-electron chi connectivity index (χ1n) is 4.74. The summed E-state index contributed by atoms with van der Waals surface area (Å²) in [7, 11) is -2.84. The van der Waals surface area contributed by atoms with Crippen molar-refractivity contribution in [3.8, 4) is 0 Å². The lowest BCUT2D eigenvalue weighted by molar-refractivity contribution is 0.602. The molecular formula is C9H13N3O2S. The van der Waals surface area contributed by atoms with Crippen molar-refractivity contribution in [1.82, 2.24) is 4.98 Å². The highest BCUT2D eigenvalue weighted by Gasteiger charge is 2.27. The van der Waals surface area contributed by atoms with E-state index in [1.165, 1.54) is 0 Å². The highest BCUT2D eigenvalue weighted by Crippen LogP contribution is 2.16. The lowest BCUT2D eigenvalue weighted by Crippen LogP contribution is -2.21. The van der Waals surface area contributed by atoms with Crippen molar-refractivity contribution in [2.45, 2.75) is 12.5 Å². The predicted octanol–water partition coefficient (Wildman–Crippen LogP) is 0.263. The second-order valence-corrected chi connectivity index (χ2v) is 5.95. The molecule has 1 atom stereocenters. The number of nitrogens with two attached hydrogens (primary N) is 1. The Morgan fingerprint density at radius 1 is 1.47 bits per heavy atom. The van der Waals surface area contributed by atoms with Gasteiger partial charge >= 0.3 is 0 Å². The van der Waals surface area contributed by atoms with Gasteiger partial charge in [0.05, 0.1) is 23.4 Å². The number of hydrogen-bond acceptors (Lipinski definition) is 5. The molecule has 3 N–H and O–H groups in total. The maximum Gasteiger partial charge on any atom is 0.152 e. The summed E-state index contributed by atoms with van der Waals surface area (Å²) in [5.41, 5.74) is 6.09. The third-order valence-electron chi connectivity index (χ3n) is 2.37. The predicted molar refractivity (Wildman–Crippen MR) is 59.3 cm³/mol. The molecule has 5 nitrogen and oxygen atoms in total. The third kappa shape index (κ3) is 2.59. The van der Waals surface area contributed by atoms with Crippen LogP contribution in [0.5, 0.6) is 0 Å². The second-order valence-electron chi connectivity index (χ2n) is 3.72. The Balaban J connectivity index is 2.02. The summed E-state index contributed by atoms with van der Waals surface area (Å²) in [4.78, 5) is 4.06. The smallest absolute Gasteiger partial charge is 0.152 e. The molecule has 82 valence electrons. The maximum absolute atomic E-state index is 11.2. The Morgan fingerprint density at radius 2 is 2.27 bits per heavy atom. The van der Waals surface area contributed by atoms with Gasteiger partial charge in [-0.2, -0.15) is 0 Å². The van der Waals surface area contributed by atoms with Crippen LogP contribution in [0.2, 0.25) is 0 Å². The monoisotopic (exact) mass is 227 g/mol. The molecule has 15 heavy (non-hydrogen) atoms. The van der Waals surface area contributed by atoms with E-state index in [1.54, 1.807) is 18.3 Å². The zero-order chi connectivity index (χ0) is 10.9. The van der Waals surface area contributed by atoms with Crippen molar-refractivity contribution in [2.75, 3.05) is 22.6 Å². The molecule has 0 radical (unpaired) electrons. The van der Waals surface area contributed by atoms with E-state index in [-0.39, 0.29) is 17.5 Å². The molecule has 0 saturated carbocycles. The quantitative estimate of drug-likeness (QED) is 0.757. The van der Waals surface area contributed by atoms with Crippen molar-refractivity contribution in [1.29, 1.82) is 0 Å². The molecule has 2 rings (SSSR count). The molecule has 0 bridgehead atoms. The lowest BCUT2D eigenvalue weighted by Gasteiger charge is -2.10. The zero-order valence-corrected chi connectivity index (χ0v) is 9.00. The van der Waals surface area contributed by atoms with Crippen molar-refractivity contribution < 1.29 is 8.42 Å². The summed E-state index contributed by atoms with van der Waals surface area (Å²) < 4.78 is 22.4. The van der Waals surface area contributed by atoms with Crippen LogP contribution in [0.1, 0.15) is 6.42 Å². The number of nitrogens with zero attached hydrogens (tertiary/aromatic N) is 1. The first-order chi connectivity index (χ1) is 7.05. The number of sulfone groups is 1.